The Kier molecular flexibility index (Phi) is 11.5. The molecule has 0 spiro atoms. The summed E-state index contributed by atoms with van der Waals surface area (Å²) in [6.45, 7) is 5.39. The molecule has 2 N–H and O–H groups in total. The topological polar surface area (TPSA) is 119 Å². The number of hydrogen-bond acceptors (Lipinski definition) is 7. The van der Waals surface area contributed by atoms with Crippen LogP contribution in [0.5, 0.6) is 0 Å². The van der Waals surface area contributed by atoms with E-state index >= 15 is 0 Å². The van der Waals surface area contributed by atoms with Gasteiger partial charge in [0.1, 0.15) is 18.0 Å². The molecule has 0 aromatic carbocycles. The van der Waals surface area contributed by atoms with Crippen LogP contribution in [0.2, 0.25) is 0 Å². The van der Waals surface area contributed by atoms with Crippen LogP contribution in [0.25, 0.3) is 0 Å². The van der Waals surface area contributed by atoms with Crippen LogP contribution in [0, 0.1) is 17.8 Å². The van der Waals surface area contributed by atoms with Crippen LogP contribution < -0.4 is 5.32 Å². The number of amides is 2. The monoisotopic (exact) mass is 489 g/mol. The molecule has 5 atom stereocenters. The zero-order valence-electron chi connectivity index (χ0n) is 21.2. The molecule has 1 saturated heterocycles. The van der Waals surface area contributed by atoms with Crippen LogP contribution in [0.15, 0.2) is 36.0 Å². The third-order valence-electron chi connectivity index (χ3n) is 6.68. The number of allylic oxidation sites excluding steroid dienone is 3. The fraction of sp³-hybridized carbons (Fsp3) is 0.630. The number of ketones is 1. The van der Waals surface area contributed by atoms with Crippen molar-refractivity contribution in [1.29, 1.82) is 0 Å². The molecule has 0 bridgehead atoms. The van der Waals surface area contributed by atoms with Gasteiger partial charge < -0.3 is 14.6 Å². The number of carbonyl (C=O) groups is 4. The van der Waals surface area contributed by atoms with Crippen molar-refractivity contribution in [1.82, 2.24) is 5.32 Å². The Morgan fingerprint density at radius 1 is 1.23 bits per heavy atom. The fourth-order valence-electron chi connectivity index (χ4n) is 4.62. The van der Waals surface area contributed by atoms with E-state index in [9.17, 15) is 24.3 Å². The standard InChI is InChI=1S/C27H39NO7/c1-17(21(29)11-9-10-20-15-23(30)28-24(31)16-20)14-18(2)27-19(3)26(33)22(34-4)12-7-5-6-8-13-25(32)35-27/h7-8,12-14,17,19-20,22,26-27,33H,5-6,9-11,15-16H2,1-4H3,(H,28,30,31)/b12-7?,13-8?,18-14+/t17-,19-,22-,26-,27?/m0/s1. The molecule has 0 aromatic rings. The van der Waals surface area contributed by atoms with Gasteiger partial charge in [0.15, 0.2) is 0 Å². The molecule has 8 nitrogen and oxygen atoms in total. The Morgan fingerprint density at radius 3 is 2.54 bits per heavy atom. The first-order valence-corrected chi connectivity index (χ1v) is 12.4. The Morgan fingerprint density at radius 2 is 1.89 bits per heavy atom. The number of methoxy groups -OCH3 is 1. The molecule has 2 rings (SSSR count). The lowest BCUT2D eigenvalue weighted by atomic mass is 9.87. The Labute approximate surface area is 207 Å². The van der Waals surface area contributed by atoms with E-state index in [1.807, 2.05) is 12.2 Å². The van der Waals surface area contributed by atoms with Crippen molar-refractivity contribution in [2.24, 2.45) is 17.8 Å². The van der Waals surface area contributed by atoms with Crippen molar-refractivity contribution in [3.63, 3.8) is 0 Å². The Bertz CT molecular complexity index is 844. The molecule has 35 heavy (non-hydrogen) atoms. The largest absolute Gasteiger partial charge is 0.454 e. The van der Waals surface area contributed by atoms with Gasteiger partial charge in [-0.15, -0.1) is 0 Å². The van der Waals surface area contributed by atoms with Crippen molar-refractivity contribution in [2.75, 3.05) is 7.11 Å². The van der Waals surface area contributed by atoms with Crippen LogP contribution in [0.3, 0.4) is 0 Å². The van der Waals surface area contributed by atoms with E-state index in [0.29, 0.717) is 44.1 Å². The zero-order chi connectivity index (χ0) is 26.0. The molecule has 0 saturated carbocycles. The second-order valence-electron chi connectivity index (χ2n) is 9.62. The summed E-state index contributed by atoms with van der Waals surface area (Å²) < 4.78 is 11.2. The second-order valence-corrected chi connectivity index (χ2v) is 9.62. The summed E-state index contributed by atoms with van der Waals surface area (Å²) in [4.78, 5) is 48.2. The third-order valence-corrected chi connectivity index (χ3v) is 6.68. The number of ether oxygens (including phenoxy) is 2. The van der Waals surface area contributed by atoms with E-state index in [1.54, 1.807) is 32.9 Å². The maximum absolute atomic E-state index is 12.8. The minimum absolute atomic E-state index is 0.0227. The molecular formula is C27H39NO7. The van der Waals surface area contributed by atoms with E-state index in [-0.39, 0.29) is 23.5 Å². The molecular weight excluding hydrogens is 450 g/mol. The van der Waals surface area contributed by atoms with Crippen molar-refractivity contribution < 1.29 is 33.8 Å². The zero-order valence-corrected chi connectivity index (χ0v) is 21.2. The summed E-state index contributed by atoms with van der Waals surface area (Å²) in [7, 11) is 1.52. The predicted molar refractivity (Wildman–Crippen MR) is 131 cm³/mol. The highest BCUT2D eigenvalue weighted by molar-refractivity contribution is 5.97. The van der Waals surface area contributed by atoms with Crippen LogP contribution in [-0.2, 0) is 28.7 Å². The first-order chi connectivity index (χ1) is 16.6. The summed E-state index contributed by atoms with van der Waals surface area (Å²) in [6, 6.07) is 0. The van der Waals surface area contributed by atoms with Gasteiger partial charge >= 0.3 is 5.97 Å². The third kappa shape index (κ3) is 9.18. The average Bonchev–Trinajstić information content (AvgIpc) is 2.79. The van der Waals surface area contributed by atoms with Gasteiger partial charge in [0.05, 0.1) is 6.10 Å². The smallest absolute Gasteiger partial charge is 0.331 e. The van der Waals surface area contributed by atoms with Gasteiger partial charge in [-0.1, -0.05) is 38.2 Å². The van der Waals surface area contributed by atoms with Gasteiger partial charge in [-0.2, -0.15) is 0 Å². The SMILES string of the molecule is CO[C@H]1C=CCCC=CC(=O)OC(/C(C)=C/[C@H](C)C(=O)CCCC2CC(=O)NC(=O)C2)[C@@H](C)[C@@H]1O. The lowest BCUT2D eigenvalue weighted by Gasteiger charge is -2.31. The first-order valence-electron chi connectivity index (χ1n) is 12.4. The lowest BCUT2D eigenvalue weighted by Crippen LogP contribution is -2.41. The van der Waals surface area contributed by atoms with E-state index in [1.165, 1.54) is 13.2 Å². The number of esters is 1. The minimum atomic E-state index is -0.915. The van der Waals surface area contributed by atoms with Gasteiger partial charge in [0.25, 0.3) is 0 Å². The highest BCUT2D eigenvalue weighted by atomic mass is 16.5. The lowest BCUT2D eigenvalue weighted by molar-refractivity contribution is -0.147. The first kappa shape index (κ1) is 28.7. The van der Waals surface area contributed by atoms with Crippen LogP contribution >= 0.6 is 0 Å². The van der Waals surface area contributed by atoms with E-state index in [2.05, 4.69) is 5.32 Å². The number of rotatable bonds is 8. The average molecular weight is 490 g/mol. The van der Waals surface area contributed by atoms with Crippen LogP contribution in [0.1, 0.15) is 65.7 Å². The molecule has 194 valence electrons. The van der Waals surface area contributed by atoms with Gasteiger partial charge in [0.2, 0.25) is 11.8 Å². The highest BCUT2D eigenvalue weighted by Crippen LogP contribution is 2.26. The number of cyclic esters (lactones) is 1. The molecule has 0 aromatic heterocycles. The summed E-state index contributed by atoms with van der Waals surface area (Å²) in [5.41, 5.74) is 0.685. The molecule has 1 fully saturated rings. The van der Waals surface area contributed by atoms with Crippen LogP contribution in [0.4, 0.5) is 0 Å². The normalized spacial score (nSPS) is 28.0. The number of piperidine rings is 1. The van der Waals surface area contributed by atoms with Gasteiger partial charge in [0, 0.05) is 44.3 Å². The van der Waals surface area contributed by atoms with Gasteiger partial charge in [-0.25, -0.2) is 4.79 Å². The number of aliphatic hydroxyl groups is 1. The maximum atomic E-state index is 12.8. The van der Waals surface area contributed by atoms with E-state index in [4.69, 9.17) is 9.47 Å². The van der Waals surface area contributed by atoms with Crippen molar-refractivity contribution in [3.05, 3.63) is 36.0 Å². The van der Waals surface area contributed by atoms with Gasteiger partial charge in [-0.3, -0.25) is 19.7 Å². The number of Topliss-reactive ketones (excluding diaryl/α,β-unsaturated/α-hetero) is 1. The number of imide groups is 1. The molecule has 2 aliphatic rings. The molecule has 2 aliphatic heterocycles. The van der Waals surface area contributed by atoms with Crippen molar-refractivity contribution >= 4 is 23.6 Å². The summed E-state index contributed by atoms with van der Waals surface area (Å²) in [6.07, 6.45) is 10.1. The molecule has 0 radical (unpaired) electrons. The van der Waals surface area contributed by atoms with Crippen molar-refractivity contribution in [2.45, 2.75) is 84.0 Å². The Hall–Kier alpha value is -2.58. The number of nitrogens with one attached hydrogen (secondary N) is 1. The second kappa shape index (κ2) is 14.1. The quantitative estimate of drug-likeness (QED) is 0.305. The van der Waals surface area contributed by atoms with E-state index < -0.39 is 36.1 Å². The highest BCUT2D eigenvalue weighted by Gasteiger charge is 2.33. The number of hydrogen-bond donors (Lipinski definition) is 2. The number of aliphatic hydroxyl groups excluding tert-OH is 1. The number of carbonyl (C=O) groups excluding carboxylic acids is 4. The molecule has 8 heteroatoms. The predicted octanol–water partition coefficient (Wildman–Crippen LogP) is 3.19. The summed E-state index contributed by atoms with van der Waals surface area (Å²) >= 11 is 0. The summed E-state index contributed by atoms with van der Waals surface area (Å²) in [5.74, 6) is -1.89. The molecule has 2 heterocycles. The molecule has 1 unspecified atom stereocenters. The van der Waals surface area contributed by atoms with Crippen molar-refractivity contribution in [3.8, 4) is 0 Å². The van der Waals surface area contributed by atoms with Gasteiger partial charge in [-0.05, 0) is 44.1 Å². The van der Waals surface area contributed by atoms with Crippen LogP contribution in [-0.4, -0.2) is 54.1 Å². The Balaban J connectivity index is 2.05. The summed E-state index contributed by atoms with van der Waals surface area (Å²) in [5, 5.41) is 13.2. The molecule has 0 aliphatic carbocycles. The maximum Gasteiger partial charge on any atom is 0.331 e. The molecule has 2 amide bonds. The van der Waals surface area contributed by atoms with E-state index in [0.717, 1.165) is 6.42 Å². The fourth-order valence-corrected chi connectivity index (χ4v) is 4.62. The minimum Gasteiger partial charge on any atom is -0.454 e.